The predicted octanol–water partition coefficient (Wildman–Crippen LogP) is 7.97. The number of nitrogens with zero attached hydrogens (tertiary/aromatic N) is 10. The molecule has 19 heteroatoms. The number of aliphatic hydroxyl groups is 1. The fourth-order valence-corrected chi connectivity index (χ4v) is 15.7. The van der Waals surface area contributed by atoms with E-state index in [1.54, 1.807) is 22.3 Å². The monoisotopic (exact) mass is 1140 g/mol. The summed E-state index contributed by atoms with van der Waals surface area (Å²) in [6.07, 6.45) is 11.8. The van der Waals surface area contributed by atoms with Gasteiger partial charge in [0.05, 0.1) is 51.8 Å². The maximum Gasteiger partial charge on any atom is 0.243 e. The second-order valence-electron chi connectivity index (χ2n) is 25.6. The highest BCUT2D eigenvalue weighted by atomic mass is 32.1. The Morgan fingerprint density at radius 3 is 2.23 bits per heavy atom. The van der Waals surface area contributed by atoms with E-state index < -0.39 is 18.1 Å². The molecule has 5 aromatic rings. The number of nitrogen functional groups attached to an aromatic ring is 1. The lowest BCUT2D eigenvalue weighted by molar-refractivity contribution is -0.141. The van der Waals surface area contributed by atoms with Gasteiger partial charge < -0.3 is 55.0 Å². The molecule has 9 heterocycles. The number of likely N-dealkylation sites (tertiary alicyclic amines) is 4. The first-order valence-electron chi connectivity index (χ1n) is 30.8. The smallest absolute Gasteiger partial charge is 0.243 e. The molecule has 6 aliphatic heterocycles. The van der Waals surface area contributed by atoms with Crippen molar-refractivity contribution in [3.8, 4) is 27.4 Å². The Morgan fingerprint density at radius 2 is 1.51 bits per heavy atom. The van der Waals surface area contributed by atoms with Gasteiger partial charge in [0, 0.05) is 95.6 Å². The Kier molecular flexibility index (Phi) is 17.2. The number of aromatic nitrogens is 4. The number of nitrogens with two attached hydrogens (primary N) is 1. The minimum Gasteiger partial charge on any atom is -0.507 e. The Balaban J connectivity index is 0.542. The average molecular weight is 1140 g/mol. The topological polar surface area (TPSA) is 206 Å². The van der Waals surface area contributed by atoms with Gasteiger partial charge in [-0.2, -0.15) is 0 Å². The minimum atomic E-state index is -0.793. The number of benzene rings is 2. The molecule has 0 radical (unpaired) electrons. The van der Waals surface area contributed by atoms with E-state index >= 15 is 0 Å². The molecule has 2 unspecified atom stereocenters. The molecule has 1 aliphatic carbocycles. The molecule has 7 aliphatic rings. The van der Waals surface area contributed by atoms with E-state index in [9.17, 15) is 19.8 Å². The van der Waals surface area contributed by atoms with Gasteiger partial charge >= 0.3 is 0 Å². The van der Waals surface area contributed by atoms with Crippen molar-refractivity contribution in [1.29, 1.82) is 0 Å². The molecule has 440 valence electrons. The van der Waals surface area contributed by atoms with Gasteiger partial charge in [0.2, 0.25) is 11.8 Å². The Labute approximate surface area is 487 Å². The highest BCUT2D eigenvalue weighted by molar-refractivity contribution is 7.13. The third kappa shape index (κ3) is 12.6. The maximum atomic E-state index is 14.4. The molecule has 5 N–H and O–H groups in total. The fraction of sp³-hybridized carbons (Fsp3) is 0.619. The molecule has 6 saturated heterocycles. The van der Waals surface area contributed by atoms with Crippen LogP contribution in [0.25, 0.3) is 21.7 Å². The number of para-hydroxylation sites is 1. The summed E-state index contributed by atoms with van der Waals surface area (Å²) >= 11 is 1.61. The van der Waals surface area contributed by atoms with Gasteiger partial charge in [-0.05, 0) is 144 Å². The molecule has 2 amide bonds. The van der Waals surface area contributed by atoms with Gasteiger partial charge in [-0.15, -0.1) is 21.5 Å². The van der Waals surface area contributed by atoms with Crippen LogP contribution in [0.1, 0.15) is 120 Å². The standard InChI is InChI=1S/C63H86N12O6S/c1-39(2)59(63(79)75-37-49(76)30-55(75)62(78)66-40(3)45-9-11-46(12-10-45)60-41(4)65-38-82-60)57-32-58(69-81-57)72-24-13-42(14-25-72)33-71-22-18-50(19-23-71)80-51-28-44(29-51)34-70-20-16-47(17-21-70)74-35-43-15-26-73(36-48(74)27-43)54-31-53(67-68-61(54)64)52-7-5-6-8-56(52)77/h5-12,31-32,38-40,42-44,47-51,55,59,76-77H,13-30,33-37H2,1-4H3,(H2,64,68)(H,66,78)/t40-,43?,44-,48?,49+,51-,55-,59+/m0/s1. The average Bonchev–Trinajstić information content (AvgIpc) is 4.47. The number of hydrogen-bond donors (Lipinski definition) is 4. The number of β-amino-alcohol motifs (C(OH)–C–C–N with tert-alkyl or cyclic N) is 1. The van der Waals surface area contributed by atoms with Crippen LogP contribution in [0.3, 0.4) is 0 Å². The van der Waals surface area contributed by atoms with Crippen LogP contribution in [-0.4, -0.2) is 177 Å². The second kappa shape index (κ2) is 24.9. The third-order valence-corrected chi connectivity index (χ3v) is 20.6. The normalized spacial score (nSPS) is 26.3. The van der Waals surface area contributed by atoms with Crippen molar-refractivity contribution in [2.24, 2.45) is 23.7 Å². The Hall–Kier alpha value is -5.70. The Bertz CT molecular complexity index is 2960. The third-order valence-electron chi connectivity index (χ3n) is 19.6. The lowest BCUT2D eigenvalue weighted by atomic mass is 9.81. The molecule has 7 fully saturated rings. The number of aliphatic hydroxyl groups excluding tert-OH is 1. The van der Waals surface area contributed by atoms with Crippen LogP contribution < -0.4 is 20.9 Å². The van der Waals surface area contributed by atoms with E-state index in [1.165, 1.54) is 58.3 Å². The second-order valence-corrected chi connectivity index (χ2v) is 26.4. The molecular weight excluding hydrogens is 1050 g/mol. The summed E-state index contributed by atoms with van der Waals surface area (Å²) in [5.74, 6) is 2.73. The van der Waals surface area contributed by atoms with Crippen LogP contribution in [0.15, 0.2) is 70.7 Å². The van der Waals surface area contributed by atoms with E-state index in [0.717, 1.165) is 117 Å². The van der Waals surface area contributed by atoms with Crippen molar-refractivity contribution in [2.75, 3.05) is 94.1 Å². The largest absolute Gasteiger partial charge is 0.507 e. The number of hydrogen-bond acceptors (Lipinski definition) is 17. The number of carbonyl (C=O) groups is 2. The maximum absolute atomic E-state index is 14.4. The lowest BCUT2D eigenvalue weighted by Crippen LogP contribution is -2.52. The first kappa shape index (κ1) is 56.8. The van der Waals surface area contributed by atoms with Crippen LogP contribution in [0.2, 0.25) is 0 Å². The van der Waals surface area contributed by atoms with E-state index in [0.29, 0.717) is 59.0 Å². The molecule has 12 rings (SSSR count). The molecule has 82 heavy (non-hydrogen) atoms. The molecule has 3 aromatic heterocycles. The summed E-state index contributed by atoms with van der Waals surface area (Å²) in [6.45, 7) is 19.8. The zero-order valence-corrected chi connectivity index (χ0v) is 49.3. The fourth-order valence-electron chi connectivity index (χ4n) is 14.9. The molecule has 1 saturated carbocycles. The number of anilines is 3. The van der Waals surface area contributed by atoms with Crippen molar-refractivity contribution in [3.63, 3.8) is 0 Å². The first-order valence-corrected chi connectivity index (χ1v) is 31.7. The number of rotatable bonds is 17. The molecule has 2 aromatic carbocycles. The van der Waals surface area contributed by atoms with E-state index in [-0.39, 0.29) is 42.5 Å². The highest BCUT2D eigenvalue weighted by Gasteiger charge is 2.45. The van der Waals surface area contributed by atoms with Crippen LogP contribution in [0.4, 0.5) is 17.3 Å². The summed E-state index contributed by atoms with van der Waals surface area (Å²) in [7, 11) is 0. The van der Waals surface area contributed by atoms with Gasteiger partial charge in [0.1, 0.15) is 17.7 Å². The van der Waals surface area contributed by atoms with Crippen molar-refractivity contribution >= 4 is 40.5 Å². The van der Waals surface area contributed by atoms with Gasteiger partial charge in [-0.3, -0.25) is 14.5 Å². The minimum absolute atomic E-state index is 0.0951. The highest BCUT2D eigenvalue weighted by Crippen LogP contribution is 2.40. The Morgan fingerprint density at radius 1 is 0.793 bits per heavy atom. The predicted molar refractivity (Wildman–Crippen MR) is 319 cm³/mol. The van der Waals surface area contributed by atoms with E-state index in [2.05, 4.69) is 62.3 Å². The number of thiazole rings is 1. The molecule has 18 nitrogen and oxygen atoms in total. The van der Waals surface area contributed by atoms with Gasteiger partial charge in [0.15, 0.2) is 17.4 Å². The summed E-state index contributed by atoms with van der Waals surface area (Å²) in [5.41, 5.74) is 13.6. The molecular formula is C63H86N12O6S. The number of phenols is 1. The van der Waals surface area contributed by atoms with Crippen LogP contribution in [-0.2, 0) is 14.3 Å². The van der Waals surface area contributed by atoms with Crippen LogP contribution >= 0.6 is 11.3 Å². The van der Waals surface area contributed by atoms with Gasteiger partial charge in [-0.1, -0.05) is 55.4 Å². The van der Waals surface area contributed by atoms with Crippen molar-refractivity contribution in [3.05, 3.63) is 83.2 Å². The van der Waals surface area contributed by atoms with Crippen LogP contribution in [0, 0.1) is 30.6 Å². The number of aryl methyl sites for hydroxylation is 1. The number of nitrogens with one attached hydrogen (secondary N) is 1. The van der Waals surface area contributed by atoms with Crippen molar-refractivity contribution in [2.45, 2.75) is 147 Å². The summed E-state index contributed by atoms with van der Waals surface area (Å²) in [5, 5.41) is 37.6. The van der Waals surface area contributed by atoms with Gasteiger partial charge in [0.25, 0.3) is 0 Å². The zero-order valence-electron chi connectivity index (χ0n) is 48.5. The van der Waals surface area contributed by atoms with Crippen molar-refractivity contribution in [1.82, 2.24) is 45.3 Å². The molecule has 2 bridgehead atoms. The number of aromatic hydroxyl groups is 1. The number of carbonyl (C=O) groups excluding carboxylic acids is 2. The van der Waals surface area contributed by atoms with E-state index in [4.69, 9.17) is 15.0 Å². The molecule has 0 spiro atoms. The number of phenolic OH excluding ortho intramolecular Hbond substituents is 1. The summed E-state index contributed by atoms with van der Waals surface area (Å²) in [6, 6.07) is 19.4. The lowest BCUT2D eigenvalue weighted by Gasteiger charge is -2.45. The van der Waals surface area contributed by atoms with Crippen molar-refractivity contribution < 1.29 is 29.1 Å². The number of fused-ring (bicyclic) bond motifs is 2. The quantitative estimate of drug-likeness (QED) is 0.0697. The number of amides is 2. The van der Waals surface area contributed by atoms with Gasteiger partial charge in [-0.25, -0.2) is 4.98 Å². The number of piperidine rings is 3. The van der Waals surface area contributed by atoms with Crippen LogP contribution in [0.5, 0.6) is 5.75 Å². The SMILES string of the molecule is Cc1ncsc1-c1ccc([C@H](C)NC(=O)[C@@H]2C[C@@H](O)CN2C(=O)[C@@H](c2cc(N3CCC(CN4CCC(O[C@H]5C[C@H](CN6CCC(N7CC8CCN(c9cc(-c%10ccccc%10O)nnc9N)CC7C8)CC6)C5)CC4)CC3)no2)C(C)C)cc1. The summed E-state index contributed by atoms with van der Waals surface area (Å²) < 4.78 is 12.7. The first-order chi connectivity index (χ1) is 39.8. The molecule has 6 atom stereocenters. The van der Waals surface area contributed by atoms with E-state index in [1.807, 2.05) is 75.7 Å². The number of ether oxygens (including phenoxy) is 1. The zero-order chi connectivity index (χ0) is 56.6. The summed E-state index contributed by atoms with van der Waals surface area (Å²) in [4.78, 5) is 48.2.